The number of carboxylic acids is 1. The number of nitrogens with one attached hydrogen (secondary N) is 1. The number of amides is 4. The van der Waals surface area contributed by atoms with Gasteiger partial charge in [-0.25, -0.2) is 19.3 Å². The summed E-state index contributed by atoms with van der Waals surface area (Å²) in [5.41, 5.74) is 4.67. The van der Waals surface area contributed by atoms with Gasteiger partial charge in [-0.15, -0.1) is 0 Å². The van der Waals surface area contributed by atoms with Gasteiger partial charge < -0.3 is 15.6 Å². The van der Waals surface area contributed by atoms with Crippen molar-refractivity contribution in [3.63, 3.8) is 0 Å². The van der Waals surface area contributed by atoms with E-state index in [1.807, 2.05) is 0 Å². The van der Waals surface area contributed by atoms with Crippen molar-refractivity contribution in [2.45, 2.75) is 6.92 Å². The molecule has 4 amide bonds. The summed E-state index contributed by atoms with van der Waals surface area (Å²) < 4.78 is 4.66. The van der Waals surface area contributed by atoms with E-state index in [9.17, 15) is 19.2 Å². The first-order chi connectivity index (χ1) is 10.3. The number of anilines is 2. The number of nitrogens with two attached hydrogens (primary N) is 1. The number of nitrogens with zero attached hydrogens (tertiary/aromatic N) is 1. The van der Waals surface area contributed by atoms with E-state index in [-0.39, 0.29) is 27.9 Å². The van der Waals surface area contributed by atoms with Crippen LogP contribution in [0.25, 0.3) is 0 Å². The molecule has 0 aromatic heterocycles. The lowest BCUT2D eigenvalue weighted by molar-refractivity contribution is -0.148. The summed E-state index contributed by atoms with van der Waals surface area (Å²) in [5, 5.41) is 11.1. The Labute approximate surface area is 129 Å². The highest BCUT2D eigenvalue weighted by molar-refractivity contribution is 6.43. The lowest BCUT2D eigenvalue weighted by Crippen LogP contribution is -2.45. The molecule has 0 radical (unpaired) electrons. The number of ether oxygens (including phenoxy) is 1. The van der Waals surface area contributed by atoms with E-state index in [2.05, 4.69) is 10.1 Å². The molecule has 118 valence electrons. The van der Waals surface area contributed by atoms with Gasteiger partial charge in [0.25, 0.3) is 0 Å². The lowest BCUT2D eigenvalue weighted by atomic mass is 10.2. The molecule has 1 rings (SSSR count). The van der Waals surface area contributed by atoms with Crippen LogP contribution in [0.3, 0.4) is 0 Å². The van der Waals surface area contributed by atoms with E-state index in [1.165, 1.54) is 12.1 Å². The monoisotopic (exact) mass is 329 g/mol. The Morgan fingerprint density at radius 1 is 1.36 bits per heavy atom. The third-order valence-electron chi connectivity index (χ3n) is 2.32. The number of carbonyl (C=O) groups is 4. The lowest BCUT2D eigenvalue weighted by Gasteiger charge is -2.20. The zero-order chi connectivity index (χ0) is 16.9. The van der Waals surface area contributed by atoms with Crippen LogP contribution in [0.5, 0.6) is 0 Å². The van der Waals surface area contributed by atoms with Gasteiger partial charge in [0.1, 0.15) is 0 Å². The Morgan fingerprint density at radius 2 is 2.00 bits per heavy atom. The third-order valence-corrected chi connectivity index (χ3v) is 2.55. The van der Waals surface area contributed by atoms with Crippen LogP contribution in [0.1, 0.15) is 6.92 Å². The maximum atomic E-state index is 11.6. The molecule has 0 bridgehead atoms. The molecule has 0 aliphatic carbocycles. The van der Waals surface area contributed by atoms with Crippen molar-refractivity contribution in [1.29, 1.82) is 0 Å². The average molecular weight is 330 g/mol. The van der Waals surface area contributed by atoms with Gasteiger partial charge in [0, 0.05) is 5.02 Å². The van der Waals surface area contributed by atoms with Crippen molar-refractivity contribution in [2.24, 2.45) is 5.73 Å². The number of primary amides is 1. The van der Waals surface area contributed by atoms with Gasteiger partial charge in [-0.05, 0) is 25.1 Å². The minimum absolute atomic E-state index is 0.0729. The van der Waals surface area contributed by atoms with Crippen LogP contribution in [0.4, 0.5) is 21.0 Å². The molecule has 0 atom stereocenters. The van der Waals surface area contributed by atoms with Crippen molar-refractivity contribution >= 4 is 47.0 Å². The molecule has 0 aliphatic heterocycles. The SMILES string of the molecule is CCOC(=O)Nc1ccc(Cl)cc1N(C(N)=O)C(=O)C(=O)O. The summed E-state index contributed by atoms with van der Waals surface area (Å²) in [6.07, 6.45) is -0.863. The molecule has 0 unspecified atom stereocenters. The van der Waals surface area contributed by atoms with Crippen LogP contribution in [0, 0.1) is 0 Å². The number of urea groups is 1. The number of halogens is 1. The maximum Gasteiger partial charge on any atom is 0.411 e. The number of rotatable bonds is 3. The third kappa shape index (κ3) is 4.09. The number of hydrogen-bond donors (Lipinski definition) is 3. The molecule has 1 aromatic rings. The Hall–Kier alpha value is -2.81. The Balaban J connectivity index is 3.32. The Morgan fingerprint density at radius 3 is 2.50 bits per heavy atom. The molecular weight excluding hydrogens is 318 g/mol. The first-order valence-electron chi connectivity index (χ1n) is 5.88. The second-order valence-corrected chi connectivity index (χ2v) is 4.23. The van der Waals surface area contributed by atoms with Gasteiger partial charge in [-0.2, -0.15) is 0 Å². The minimum Gasteiger partial charge on any atom is -0.474 e. The number of carbonyl (C=O) groups excluding carboxylic acids is 3. The second kappa shape index (κ2) is 7.27. The molecular formula is C12H12ClN3O6. The quantitative estimate of drug-likeness (QED) is 0.716. The molecule has 0 heterocycles. The van der Waals surface area contributed by atoms with Gasteiger partial charge in [0.15, 0.2) is 0 Å². The molecule has 0 saturated carbocycles. The first kappa shape index (κ1) is 17.2. The van der Waals surface area contributed by atoms with E-state index in [0.29, 0.717) is 0 Å². The van der Waals surface area contributed by atoms with Crippen LogP contribution >= 0.6 is 11.6 Å². The van der Waals surface area contributed by atoms with E-state index in [1.54, 1.807) is 6.92 Å². The predicted molar refractivity (Wildman–Crippen MR) is 76.8 cm³/mol. The van der Waals surface area contributed by atoms with Crippen molar-refractivity contribution < 1.29 is 29.0 Å². The van der Waals surface area contributed by atoms with Gasteiger partial charge in [0.2, 0.25) is 0 Å². The molecule has 4 N–H and O–H groups in total. The fourth-order valence-corrected chi connectivity index (χ4v) is 1.66. The molecule has 22 heavy (non-hydrogen) atoms. The molecule has 10 heteroatoms. The molecule has 9 nitrogen and oxygen atoms in total. The number of hydrogen-bond acceptors (Lipinski definition) is 5. The van der Waals surface area contributed by atoms with Crippen molar-refractivity contribution in [2.75, 3.05) is 16.8 Å². The molecule has 0 saturated heterocycles. The normalized spacial score (nSPS) is 9.73. The van der Waals surface area contributed by atoms with Gasteiger partial charge in [-0.3, -0.25) is 10.1 Å². The summed E-state index contributed by atoms with van der Waals surface area (Å²) in [6, 6.07) is 2.38. The zero-order valence-electron chi connectivity index (χ0n) is 11.3. The van der Waals surface area contributed by atoms with Crippen molar-refractivity contribution in [3.8, 4) is 0 Å². The van der Waals surface area contributed by atoms with Crippen LogP contribution < -0.4 is 16.0 Å². The van der Waals surface area contributed by atoms with Crippen LogP contribution in [0.15, 0.2) is 18.2 Å². The molecule has 0 fully saturated rings. The van der Waals surface area contributed by atoms with E-state index in [0.717, 1.165) is 6.07 Å². The topological polar surface area (TPSA) is 139 Å². The highest BCUT2D eigenvalue weighted by atomic mass is 35.5. The van der Waals surface area contributed by atoms with Gasteiger partial charge >= 0.3 is 24.0 Å². The van der Waals surface area contributed by atoms with Gasteiger partial charge in [-0.1, -0.05) is 11.6 Å². The zero-order valence-corrected chi connectivity index (χ0v) is 12.1. The van der Waals surface area contributed by atoms with E-state index < -0.39 is 24.0 Å². The standard InChI is InChI=1S/C12H12ClN3O6/c1-2-22-12(21)15-7-4-3-6(13)5-8(7)16(11(14)20)9(17)10(18)19/h3-5H,2H2,1H3,(H2,14,20)(H,15,21)(H,18,19). The van der Waals surface area contributed by atoms with E-state index in [4.69, 9.17) is 22.4 Å². The highest BCUT2D eigenvalue weighted by Crippen LogP contribution is 2.30. The molecule has 0 spiro atoms. The fourth-order valence-electron chi connectivity index (χ4n) is 1.50. The van der Waals surface area contributed by atoms with Gasteiger partial charge in [0.05, 0.1) is 18.0 Å². The van der Waals surface area contributed by atoms with Crippen LogP contribution in [0.2, 0.25) is 5.02 Å². The Kier molecular flexibility index (Phi) is 5.70. The second-order valence-electron chi connectivity index (χ2n) is 3.79. The summed E-state index contributed by atoms with van der Waals surface area (Å²) in [5.74, 6) is -3.50. The summed E-state index contributed by atoms with van der Waals surface area (Å²) >= 11 is 5.77. The number of imide groups is 1. The van der Waals surface area contributed by atoms with Crippen molar-refractivity contribution in [3.05, 3.63) is 23.2 Å². The number of benzene rings is 1. The van der Waals surface area contributed by atoms with Crippen LogP contribution in [-0.4, -0.2) is 35.7 Å². The number of carboxylic acid groups (broad SMARTS) is 1. The van der Waals surface area contributed by atoms with E-state index >= 15 is 0 Å². The number of aliphatic carboxylic acids is 1. The predicted octanol–water partition coefficient (Wildman–Crippen LogP) is 1.40. The smallest absolute Gasteiger partial charge is 0.411 e. The average Bonchev–Trinajstić information content (AvgIpc) is 2.41. The Bertz CT molecular complexity index is 633. The summed E-state index contributed by atoms with van der Waals surface area (Å²) in [4.78, 5) is 45.4. The van der Waals surface area contributed by atoms with Crippen molar-refractivity contribution in [1.82, 2.24) is 0 Å². The maximum absolute atomic E-state index is 11.6. The first-order valence-corrected chi connectivity index (χ1v) is 6.25. The minimum atomic E-state index is -1.90. The fraction of sp³-hybridized carbons (Fsp3) is 0.167. The molecule has 1 aromatic carbocycles. The van der Waals surface area contributed by atoms with Crippen LogP contribution in [-0.2, 0) is 14.3 Å². The highest BCUT2D eigenvalue weighted by Gasteiger charge is 2.29. The summed E-state index contributed by atoms with van der Waals surface area (Å²) in [7, 11) is 0. The molecule has 0 aliphatic rings. The summed E-state index contributed by atoms with van der Waals surface area (Å²) in [6.45, 7) is 1.66. The largest absolute Gasteiger partial charge is 0.474 e.